The van der Waals surface area contributed by atoms with Crippen LogP contribution in [0.25, 0.3) is 0 Å². The second-order valence-electron chi connectivity index (χ2n) is 6.06. The molecule has 0 fully saturated rings. The van der Waals surface area contributed by atoms with E-state index in [1.54, 1.807) is 33.1 Å². The number of benzene rings is 1. The maximum Gasteiger partial charge on any atom is 0.251 e. The quantitative estimate of drug-likeness (QED) is 0.625. The monoisotopic (exact) mass is 428 g/mol. The first-order valence-electron chi connectivity index (χ1n) is 8.98. The number of halogens is 1. The smallest absolute Gasteiger partial charge is 0.251 e. The van der Waals surface area contributed by atoms with Crippen molar-refractivity contribution in [2.75, 3.05) is 26.8 Å². The number of furan rings is 1. The molecule has 1 heterocycles. The number of hydrogen-bond donors (Lipinski definition) is 1. The number of ether oxygens (including phenoxy) is 1. The number of carbonyl (C=O) groups is 1. The number of hydrogen-bond acceptors (Lipinski definition) is 5. The van der Waals surface area contributed by atoms with Crippen molar-refractivity contribution in [3.63, 3.8) is 0 Å². The lowest BCUT2D eigenvalue weighted by Gasteiger charge is -2.20. The van der Waals surface area contributed by atoms with E-state index in [4.69, 9.17) is 20.8 Å². The molecule has 0 aliphatic heterocycles. The van der Waals surface area contributed by atoms with Gasteiger partial charge in [-0.15, -0.1) is 0 Å². The Morgan fingerprint density at radius 3 is 2.57 bits per heavy atom. The molecular formula is C19H25ClN2O5S. The lowest BCUT2D eigenvalue weighted by atomic mass is 10.1. The normalized spacial score (nSPS) is 12.9. The molecule has 0 aliphatic carbocycles. The Bertz CT molecular complexity index is 880. The van der Waals surface area contributed by atoms with Crippen LogP contribution < -0.4 is 5.32 Å². The third-order valence-electron chi connectivity index (χ3n) is 4.32. The average molecular weight is 429 g/mol. The van der Waals surface area contributed by atoms with Gasteiger partial charge in [0.1, 0.15) is 10.7 Å². The minimum Gasteiger partial charge on any atom is -0.467 e. The molecule has 1 aromatic heterocycles. The van der Waals surface area contributed by atoms with Crippen molar-refractivity contribution in [3.05, 3.63) is 52.9 Å². The summed E-state index contributed by atoms with van der Waals surface area (Å²) in [5.74, 6) is 0.167. The number of rotatable bonds is 10. The van der Waals surface area contributed by atoms with Gasteiger partial charge in [-0.3, -0.25) is 4.79 Å². The summed E-state index contributed by atoms with van der Waals surface area (Å²) >= 11 is 6.13. The molecule has 1 atom stereocenters. The van der Waals surface area contributed by atoms with Gasteiger partial charge in [-0.25, -0.2) is 8.42 Å². The van der Waals surface area contributed by atoms with Gasteiger partial charge in [0.2, 0.25) is 10.0 Å². The molecule has 1 unspecified atom stereocenters. The predicted molar refractivity (Wildman–Crippen MR) is 107 cm³/mol. The highest BCUT2D eigenvalue weighted by Crippen LogP contribution is 2.26. The van der Waals surface area contributed by atoms with Crippen molar-refractivity contribution in [2.24, 2.45) is 0 Å². The van der Waals surface area contributed by atoms with E-state index in [0.717, 1.165) is 0 Å². The topological polar surface area (TPSA) is 88.9 Å². The molecule has 9 heteroatoms. The summed E-state index contributed by atoms with van der Waals surface area (Å²) in [5, 5.41) is 2.94. The van der Waals surface area contributed by atoms with Gasteiger partial charge in [0.15, 0.2) is 0 Å². The summed E-state index contributed by atoms with van der Waals surface area (Å²) in [4.78, 5) is 12.7. The average Bonchev–Trinajstić information content (AvgIpc) is 3.20. The summed E-state index contributed by atoms with van der Waals surface area (Å²) in [5.41, 5.74) is 0.198. The summed E-state index contributed by atoms with van der Waals surface area (Å²) in [6.45, 7) is 4.53. The van der Waals surface area contributed by atoms with Crippen molar-refractivity contribution in [2.45, 2.75) is 31.2 Å². The highest BCUT2D eigenvalue weighted by atomic mass is 35.5. The fourth-order valence-electron chi connectivity index (χ4n) is 2.80. The van der Waals surface area contributed by atoms with Crippen LogP contribution in [-0.2, 0) is 14.8 Å². The van der Waals surface area contributed by atoms with E-state index in [9.17, 15) is 13.2 Å². The van der Waals surface area contributed by atoms with E-state index < -0.39 is 22.0 Å². The van der Waals surface area contributed by atoms with Crippen LogP contribution in [0.15, 0.2) is 45.9 Å². The maximum absolute atomic E-state index is 12.8. The molecule has 28 heavy (non-hydrogen) atoms. The number of carbonyl (C=O) groups excluding carboxylic acids is 1. The number of sulfonamides is 1. The van der Waals surface area contributed by atoms with Gasteiger partial charge in [0.05, 0.1) is 17.3 Å². The summed E-state index contributed by atoms with van der Waals surface area (Å²) < 4.78 is 37.4. The Hall–Kier alpha value is -1.87. The zero-order valence-electron chi connectivity index (χ0n) is 16.1. The van der Waals surface area contributed by atoms with Crippen LogP contribution in [0.1, 0.15) is 42.4 Å². The Morgan fingerprint density at radius 1 is 1.29 bits per heavy atom. The molecular weight excluding hydrogens is 404 g/mol. The maximum atomic E-state index is 12.8. The van der Waals surface area contributed by atoms with Gasteiger partial charge in [0, 0.05) is 32.4 Å². The SMILES string of the molecule is CCN(CC)S(=O)(=O)c1cc(C(=O)NC(CCOC)c2ccco2)ccc1Cl. The van der Waals surface area contributed by atoms with E-state index in [1.807, 2.05) is 0 Å². The first-order chi connectivity index (χ1) is 13.3. The van der Waals surface area contributed by atoms with Crippen molar-refractivity contribution in [1.29, 1.82) is 0 Å². The van der Waals surface area contributed by atoms with E-state index in [0.29, 0.717) is 31.9 Å². The van der Waals surface area contributed by atoms with Gasteiger partial charge in [-0.1, -0.05) is 25.4 Å². The predicted octanol–water partition coefficient (Wildman–Crippen LogP) is 3.47. The van der Waals surface area contributed by atoms with Gasteiger partial charge in [-0.05, 0) is 36.8 Å². The largest absolute Gasteiger partial charge is 0.467 e. The van der Waals surface area contributed by atoms with Crippen LogP contribution in [0.5, 0.6) is 0 Å². The van der Waals surface area contributed by atoms with Gasteiger partial charge < -0.3 is 14.5 Å². The zero-order chi connectivity index (χ0) is 20.7. The molecule has 0 aliphatic rings. The molecule has 1 amide bonds. The minimum absolute atomic E-state index is 0.0745. The standard InChI is InChI=1S/C19H25ClN2O5S/c1-4-22(5-2)28(24,25)18-13-14(8-9-15(18)20)19(23)21-16(10-12-26-3)17-7-6-11-27-17/h6-9,11,13,16H,4-5,10,12H2,1-3H3,(H,21,23). The fraction of sp³-hybridized carbons (Fsp3) is 0.421. The third-order valence-corrected chi connectivity index (χ3v) is 6.85. The number of nitrogens with zero attached hydrogens (tertiary/aromatic N) is 1. The van der Waals surface area contributed by atoms with Crippen LogP contribution in [0.2, 0.25) is 5.02 Å². The molecule has 0 radical (unpaired) electrons. The molecule has 0 spiro atoms. The Morgan fingerprint density at radius 2 is 2.00 bits per heavy atom. The zero-order valence-corrected chi connectivity index (χ0v) is 17.7. The van der Waals surface area contributed by atoms with Crippen molar-refractivity contribution < 1.29 is 22.4 Å². The van der Waals surface area contributed by atoms with Crippen molar-refractivity contribution >= 4 is 27.5 Å². The van der Waals surface area contributed by atoms with Gasteiger partial charge >= 0.3 is 0 Å². The van der Waals surface area contributed by atoms with Crippen molar-refractivity contribution in [3.8, 4) is 0 Å². The number of methoxy groups -OCH3 is 1. The molecule has 0 bridgehead atoms. The molecule has 2 aromatic rings. The first-order valence-corrected chi connectivity index (χ1v) is 10.8. The van der Waals surface area contributed by atoms with Gasteiger partial charge in [-0.2, -0.15) is 4.31 Å². The molecule has 1 N–H and O–H groups in total. The fourth-order valence-corrected chi connectivity index (χ4v) is 4.76. The lowest BCUT2D eigenvalue weighted by Crippen LogP contribution is -2.32. The lowest BCUT2D eigenvalue weighted by molar-refractivity contribution is 0.0917. The van der Waals surface area contributed by atoms with Crippen LogP contribution in [0.4, 0.5) is 0 Å². The molecule has 1 aromatic carbocycles. The second-order valence-corrected chi connectivity index (χ2v) is 8.37. The van der Waals surface area contributed by atoms with Gasteiger partial charge in [0.25, 0.3) is 5.91 Å². The Labute approximate surface area is 170 Å². The van der Waals surface area contributed by atoms with E-state index in [1.165, 1.54) is 28.8 Å². The van der Waals surface area contributed by atoms with Crippen LogP contribution in [0.3, 0.4) is 0 Å². The molecule has 2 rings (SSSR count). The highest BCUT2D eigenvalue weighted by molar-refractivity contribution is 7.89. The van der Waals surface area contributed by atoms with Crippen LogP contribution in [-0.4, -0.2) is 45.4 Å². The molecule has 0 saturated carbocycles. The second kappa shape index (κ2) is 10.1. The number of nitrogens with one attached hydrogen (secondary N) is 1. The van der Waals surface area contributed by atoms with Crippen LogP contribution >= 0.6 is 11.6 Å². The Kier molecular flexibility index (Phi) is 8.06. The molecule has 0 saturated heterocycles. The van der Waals surface area contributed by atoms with E-state index in [-0.39, 0.29) is 15.5 Å². The molecule has 154 valence electrons. The minimum atomic E-state index is -3.79. The first kappa shape index (κ1) is 22.4. The summed E-state index contributed by atoms with van der Waals surface area (Å²) in [6.07, 6.45) is 2.03. The van der Waals surface area contributed by atoms with E-state index >= 15 is 0 Å². The van der Waals surface area contributed by atoms with E-state index in [2.05, 4.69) is 5.32 Å². The highest BCUT2D eigenvalue weighted by Gasteiger charge is 2.26. The van der Waals surface area contributed by atoms with Crippen molar-refractivity contribution in [1.82, 2.24) is 9.62 Å². The van der Waals surface area contributed by atoms with Crippen LogP contribution in [0, 0.1) is 0 Å². The Balaban J connectivity index is 2.31. The molecule has 7 nitrogen and oxygen atoms in total. The summed E-state index contributed by atoms with van der Waals surface area (Å²) in [6, 6.07) is 7.32. The third kappa shape index (κ3) is 5.14. The summed E-state index contributed by atoms with van der Waals surface area (Å²) in [7, 11) is -2.22. The number of amides is 1.